The molecule has 2 aromatic carbocycles. The number of carboxylic acids is 1. The van der Waals surface area contributed by atoms with Crippen LogP contribution < -0.4 is 9.47 Å². The Morgan fingerprint density at radius 3 is 2.81 bits per heavy atom. The van der Waals surface area contributed by atoms with Crippen LogP contribution in [-0.2, 0) is 17.8 Å². The molecule has 5 nitrogen and oxygen atoms in total. The molecule has 0 aliphatic carbocycles. The zero-order valence-electron chi connectivity index (χ0n) is 13.9. The van der Waals surface area contributed by atoms with Crippen molar-refractivity contribution in [2.45, 2.75) is 13.0 Å². The second-order valence-electron chi connectivity index (χ2n) is 5.46. The summed E-state index contributed by atoms with van der Waals surface area (Å²) in [6.07, 6.45) is -0.109. The molecular weight excluding hydrogens is 374 g/mol. The molecule has 0 aliphatic rings. The molecule has 0 saturated heterocycles. The Labute approximate surface area is 159 Å². The maximum atomic E-state index is 10.9. The molecule has 0 amide bonds. The molecule has 0 aliphatic heterocycles. The van der Waals surface area contributed by atoms with E-state index < -0.39 is 5.97 Å². The largest absolute Gasteiger partial charge is 0.497 e. The predicted octanol–water partition coefficient (Wildman–Crippen LogP) is 4.68. The zero-order chi connectivity index (χ0) is 18.5. The Balaban J connectivity index is 1.89. The minimum Gasteiger partial charge on any atom is -0.497 e. The first-order chi connectivity index (χ1) is 12.6. The number of carboxylic acid groups (broad SMARTS) is 1. The highest BCUT2D eigenvalue weighted by Crippen LogP contribution is 2.36. The van der Waals surface area contributed by atoms with E-state index in [-0.39, 0.29) is 6.42 Å². The molecule has 1 N–H and O–H groups in total. The van der Waals surface area contributed by atoms with Crippen molar-refractivity contribution in [3.05, 3.63) is 64.1 Å². The van der Waals surface area contributed by atoms with Crippen molar-refractivity contribution < 1.29 is 19.4 Å². The Morgan fingerprint density at radius 1 is 1.27 bits per heavy atom. The lowest BCUT2D eigenvalue weighted by atomic mass is 10.2. The topological polar surface area (TPSA) is 68.7 Å². The third kappa shape index (κ3) is 4.33. The molecule has 1 heterocycles. The summed E-state index contributed by atoms with van der Waals surface area (Å²) in [5, 5.41) is 12.0. The Morgan fingerprint density at radius 2 is 2.08 bits per heavy atom. The van der Waals surface area contributed by atoms with Gasteiger partial charge >= 0.3 is 5.97 Å². The summed E-state index contributed by atoms with van der Waals surface area (Å²) in [6.45, 7) is 0.299. The number of halogens is 1. The van der Waals surface area contributed by atoms with Crippen LogP contribution in [0.25, 0.3) is 10.6 Å². The SMILES string of the molecule is COc1ccc(-c2nc(CC(=O)O)cs2)c(OCc2ccccc2Cl)c1. The molecule has 1 aromatic heterocycles. The van der Waals surface area contributed by atoms with E-state index in [1.165, 1.54) is 11.3 Å². The van der Waals surface area contributed by atoms with Gasteiger partial charge in [-0.05, 0) is 18.2 Å². The van der Waals surface area contributed by atoms with Crippen LogP contribution in [0.3, 0.4) is 0 Å². The highest BCUT2D eigenvalue weighted by Gasteiger charge is 2.14. The monoisotopic (exact) mass is 389 g/mol. The molecule has 26 heavy (non-hydrogen) atoms. The number of methoxy groups -OCH3 is 1. The van der Waals surface area contributed by atoms with Gasteiger partial charge in [-0.3, -0.25) is 4.79 Å². The zero-order valence-corrected chi connectivity index (χ0v) is 15.5. The van der Waals surface area contributed by atoms with Gasteiger partial charge in [0, 0.05) is 22.0 Å². The van der Waals surface area contributed by atoms with Gasteiger partial charge in [0.25, 0.3) is 0 Å². The van der Waals surface area contributed by atoms with Gasteiger partial charge < -0.3 is 14.6 Å². The van der Waals surface area contributed by atoms with Gasteiger partial charge in [-0.25, -0.2) is 4.98 Å². The summed E-state index contributed by atoms with van der Waals surface area (Å²) >= 11 is 7.56. The van der Waals surface area contributed by atoms with Crippen LogP contribution in [0.4, 0.5) is 0 Å². The third-order valence-corrected chi connectivity index (χ3v) is 4.94. The molecule has 0 radical (unpaired) electrons. The van der Waals surface area contributed by atoms with Crippen molar-refractivity contribution in [3.63, 3.8) is 0 Å². The number of hydrogen-bond acceptors (Lipinski definition) is 5. The van der Waals surface area contributed by atoms with Gasteiger partial charge in [-0.15, -0.1) is 11.3 Å². The first kappa shape index (κ1) is 18.2. The van der Waals surface area contributed by atoms with E-state index in [9.17, 15) is 4.79 Å². The lowest BCUT2D eigenvalue weighted by molar-refractivity contribution is -0.136. The number of rotatable bonds is 7. The first-order valence-corrected chi connectivity index (χ1v) is 9.03. The lowest BCUT2D eigenvalue weighted by Crippen LogP contribution is -2.00. The van der Waals surface area contributed by atoms with E-state index in [0.717, 1.165) is 11.1 Å². The molecule has 0 bridgehead atoms. The fourth-order valence-electron chi connectivity index (χ4n) is 2.36. The minimum absolute atomic E-state index is 0.109. The minimum atomic E-state index is -0.910. The molecule has 0 spiro atoms. The number of hydrogen-bond donors (Lipinski definition) is 1. The number of aromatic nitrogens is 1. The number of benzene rings is 2. The highest BCUT2D eigenvalue weighted by atomic mass is 35.5. The van der Waals surface area contributed by atoms with Crippen LogP contribution in [0.15, 0.2) is 47.8 Å². The number of ether oxygens (including phenoxy) is 2. The van der Waals surface area contributed by atoms with Gasteiger partial charge in [0.05, 0.1) is 24.8 Å². The lowest BCUT2D eigenvalue weighted by Gasteiger charge is -2.12. The molecule has 0 atom stereocenters. The smallest absolute Gasteiger partial charge is 0.309 e. The fraction of sp³-hybridized carbons (Fsp3) is 0.158. The summed E-state index contributed by atoms with van der Waals surface area (Å²) in [7, 11) is 1.58. The fourth-order valence-corrected chi connectivity index (χ4v) is 3.40. The summed E-state index contributed by atoms with van der Waals surface area (Å²) in [5.41, 5.74) is 2.17. The molecule has 3 rings (SSSR count). The number of aliphatic carboxylic acids is 1. The maximum Gasteiger partial charge on any atom is 0.309 e. The number of carbonyl (C=O) groups is 1. The van der Waals surface area contributed by atoms with E-state index >= 15 is 0 Å². The van der Waals surface area contributed by atoms with Crippen molar-refractivity contribution >= 4 is 28.9 Å². The van der Waals surface area contributed by atoms with Gasteiger partial charge in [0.1, 0.15) is 23.1 Å². The molecule has 7 heteroatoms. The summed E-state index contributed by atoms with van der Waals surface area (Å²) in [6, 6.07) is 12.9. The van der Waals surface area contributed by atoms with Crippen LogP contribution in [0, 0.1) is 0 Å². The van der Waals surface area contributed by atoms with Gasteiger partial charge in [-0.1, -0.05) is 29.8 Å². The molecule has 3 aromatic rings. The van der Waals surface area contributed by atoms with E-state index in [4.69, 9.17) is 26.2 Å². The van der Waals surface area contributed by atoms with Gasteiger partial charge in [0.15, 0.2) is 0 Å². The summed E-state index contributed by atoms with van der Waals surface area (Å²) in [5.74, 6) is 0.345. The van der Waals surface area contributed by atoms with Crippen molar-refractivity contribution in [1.29, 1.82) is 0 Å². The Hall–Kier alpha value is -2.57. The van der Waals surface area contributed by atoms with E-state index in [0.29, 0.717) is 33.8 Å². The van der Waals surface area contributed by atoms with E-state index in [2.05, 4.69) is 4.98 Å². The van der Waals surface area contributed by atoms with Crippen molar-refractivity contribution in [2.24, 2.45) is 0 Å². The predicted molar refractivity (Wildman–Crippen MR) is 101 cm³/mol. The average Bonchev–Trinajstić information content (AvgIpc) is 3.08. The number of nitrogens with zero attached hydrogens (tertiary/aromatic N) is 1. The summed E-state index contributed by atoms with van der Waals surface area (Å²) < 4.78 is 11.3. The standard InChI is InChI=1S/C19H16ClNO4S/c1-24-14-6-7-15(19-21-13(11-26-19)8-18(22)23)17(9-14)25-10-12-4-2-3-5-16(12)20/h2-7,9,11H,8,10H2,1H3,(H,22,23). The van der Waals surface area contributed by atoms with Gasteiger partial charge in [-0.2, -0.15) is 0 Å². The summed E-state index contributed by atoms with van der Waals surface area (Å²) in [4.78, 5) is 15.3. The Kier molecular flexibility index (Phi) is 5.75. The third-order valence-electron chi connectivity index (χ3n) is 3.64. The molecule has 134 valence electrons. The molecule has 0 unspecified atom stereocenters. The van der Waals surface area contributed by atoms with E-state index in [1.54, 1.807) is 18.6 Å². The average molecular weight is 390 g/mol. The van der Waals surface area contributed by atoms with Gasteiger partial charge in [0.2, 0.25) is 0 Å². The second-order valence-corrected chi connectivity index (χ2v) is 6.72. The van der Waals surface area contributed by atoms with Crippen molar-refractivity contribution in [1.82, 2.24) is 4.98 Å². The van der Waals surface area contributed by atoms with Crippen LogP contribution in [0.2, 0.25) is 5.02 Å². The molecular formula is C19H16ClNO4S. The highest BCUT2D eigenvalue weighted by molar-refractivity contribution is 7.13. The maximum absolute atomic E-state index is 10.9. The van der Waals surface area contributed by atoms with Crippen LogP contribution in [0.1, 0.15) is 11.3 Å². The van der Waals surface area contributed by atoms with Crippen LogP contribution >= 0.6 is 22.9 Å². The molecule has 0 fully saturated rings. The molecule has 0 saturated carbocycles. The van der Waals surface area contributed by atoms with Crippen LogP contribution in [-0.4, -0.2) is 23.2 Å². The van der Waals surface area contributed by atoms with Crippen molar-refractivity contribution in [3.8, 4) is 22.1 Å². The van der Waals surface area contributed by atoms with Crippen LogP contribution in [0.5, 0.6) is 11.5 Å². The van der Waals surface area contributed by atoms with Crippen molar-refractivity contribution in [2.75, 3.05) is 7.11 Å². The van der Waals surface area contributed by atoms with E-state index in [1.807, 2.05) is 36.4 Å². The quantitative estimate of drug-likeness (QED) is 0.635. The Bertz CT molecular complexity index is 925. The number of thiazole rings is 1. The first-order valence-electron chi connectivity index (χ1n) is 7.77. The second kappa shape index (κ2) is 8.21. The normalized spacial score (nSPS) is 10.5.